The summed E-state index contributed by atoms with van der Waals surface area (Å²) in [6, 6.07) is 1.71. The van der Waals surface area contributed by atoms with Gasteiger partial charge in [0.05, 0.1) is 4.90 Å². The van der Waals surface area contributed by atoms with Crippen molar-refractivity contribution < 1.29 is 13.2 Å². The SMILES string of the molecule is CNCc1cc(S(=O)(=O)N(C)C2CCOCC2)c[nH]1. The Morgan fingerprint density at radius 3 is 2.79 bits per heavy atom. The van der Waals surface area contributed by atoms with Crippen LogP contribution in [0.1, 0.15) is 18.5 Å². The van der Waals surface area contributed by atoms with Gasteiger partial charge in [-0.15, -0.1) is 0 Å². The molecule has 1 aromatic heterocycles. The third kappa shape index (κ3) is 3.17. The average Bonchev–Trinajstić information content (AvgIpc) is 2.89. The van der Waals surface area contributed by atoms with E-state index in [1.165, 1.54) is 4.31 Å². The average molecular weight is 287 g/mol. The second kappa shape index (κ2) is 6.04. The maximum Gasteiger partial charge on any atom is 0.244 e. The van der Waals surface area contributed by atoms with Crippen molar-refractivity contribution in [1.82, 2.24) is 14.6 Å². The third-order valence-electron chi connectivity index (χ3n) is 3.47. The van der Waals surface area contributed by atoms with Gasteiger partial charge in [-0.25, -0.2) is 8.42 Å². The number of sulfonamides is 1. The van der Waals surface area contributed by atoms with Crippen molar-refractivity contribution in [2.75, 3.05) is 27.3 Å². The minimum absolute atomic E-state index is 0.0291. The molecule has 108 valence electrons. The second-order valence-corrected chi connectivity index (χ2v) is 6.75. The van der Waals surface area contributed by atoms with Gasteiger partial charge in [-0.05, 0) is 26.0 Å². The number of aromatic nitrogens is 1. The first kappa shape index (κ1) is 14.5. The minimum atomic E-state index is -3.42. The molecule has 2 heterocycles. The van der Waals surface area contributed by atoms with Crippen molar-refractivity contribution in [2.45, 2.75) is 30.3 Å². The molecule has 1 aliphatic rings. The Morgan fingerprint density at radius 1 is 1.47 bits per heavy atom. The van der Waals surface area contributed by atoms with Crippen LogP contribution in [0.5, 0.6) is 0 Å². The van der Waals surface area contributed by atoms with Crippen LogP contribution >= 0.6 is 0 Å². The normalized spacial score (nSPS) is 18.1. The molecule has 0 atom stereocenters. The number of H-pyrrole nitrogens is 1. The molecule has 0 unspecified atom stereocenters. The van der Waals surface area contributed by atoms with E-state index in [1.807, 2.05) is 7.05 Å². The fourth-order valence-corrected chi connectivity index (χ4v) is 3.71. The summed E-state index contributed by atoms with van der Waals surface area (Å²) < 4.78 is 31.7. The molecule has 1 saturated heterocycles. The molecule has 0 aromatic carbocycles. The maximum absolute atomic E-state index is 12.5. The van der Waals surface area contributed by atoms with Crippen LogP contribution in [0, 0.1) is 0 Å². The third-order valence-corrected chi connectivity index (χ3v) is 5.35. The summed E-state index contributed by atoms with van der Waals surface area (Å²) in [7, 11) is 0.0541. The van der Waals surface area contributed by atoms with Gasteiger partial charge in [0.2, 0.25) is 10.0 Å². The molecule has 1 aromatic rings. The highest BCUT2D eigenvalue weighted by molar-refractivity contribution is 7.89. The van der Waals surface area contributed by atoms with Gasteiger partial charge >= 0.3 is 0 Å². The number of nitrogens with zero attached hydrogens (tertiary/aromatic N) is 1. The molecule has 0 aliphatic carbocycles. The molecule has 2 rings (SSSR count). The molecule has 0 amide bonds. The van der Waals surface area contributed by atoms with E-state index in [1.54, 1.807) is 19.3 Å². The van der Waals surface area contributed by atoms with Crippen LogP contribution in [0.3, 0.4) is 0 Å². The van der Waals surface area contributed by atoms with E-state index in [9.17, 15) is 8.42 Å². The largest absolute Gasteiger partial charge is 0.381 e. The van der Waals surface area contributed by atoms with Crippen LogP contribution < -0.4 is 5.32 Å². The fraction of sp³-hybridized carbons (Fsp3) is 0.667. The van der Waals surface area contributed by atoms with Crippen molar-refractivity contribution in [3.8, 4) is 0 Å². The van der Waals surface area contributed by atoms with Crippen LogP contribution in [0.2, 0.25) is 0 Å². The molecule has 1 fully saturated rings. The highest BCUT2D eigenvalue weighted by Crippen LogP contribution is 2.22. The monoisotopic (exact) mass is 287 g/mol. The Hall–Kier alpha value is -0.890. The van der Waals surface area contributed by atoms with Crippen molar-refractivity contribution >= 4 is 10.0 Å². The number of hydrogen-bond acceptors (Lipinski definition) is 4. The standard InChI is InChI=1S/C12H21N3O3S/c1-13-8-10-7-12(9-14-10)19(16,17)15(2)11-3-5-18-6-4-11/h7,9,11,13-14H,3-6,8H2,1-2H3. The van der Waals surface area contributed by atoms with E-state index in [2.05, 4.69) is 10.3 Å². The van der Waals surface area contributed by atoms with Crippen LogP contribution in [-0.4, -0.2) is 51.1 Å². The lowest BCUT2D eigenvalue weighted by Gasteiger charge is -2.30. The van der Waals surface area contributed by atoms with E-state index in [0.29, 0.717) is 24.7 Å². The molecule has 19 heavy (non-hydrogen) atoms. The summed E-state index contributed by atoms with van der Waals surface area (Å²) in [5.74, 6) is 0. The van der Waals surface area contributed by atoms with E-state index < -0.39 is 10.0 Å². The summed E-state index contributed by atoms with van der Waals surface area (Å²) >= 11 is 0. The molecule has 0 bridgehead atoms. The molecule has 0 spiro atoms. The summed E-state index contributed by atoms with van der Waals surface area (Å²) in [6.45, 7) is 1.88. The maximum atomic E-state index is 12.5. The Morgan fingerprint density at radius 2 is 2.16 bits per heavy atom. The summed E-state index contributed by atoms with van der Waals surface area (Å²) in [4.78, 5) is 3.30. The van der Waals surface area contributed by atoms with Crippen LogP contribution in [0.25, 0.3) is 0 Å². The highest BCUT2D eigenvalue weighted by atomic mass is 32.2. The van der Waals surface area contributed by atoms with E-state index >= 15 is 0 Å². The van der Waals surface area contributed by atoms with Gasteiger partial charge in [0.1, 0.15) is 0 Å². The lowest BCUT2D eigenvalue weighted by Crippen LogP contribution is -2.40. The van der Waals surface area contributed by atoms with Crippen LogP contribution in [0.15, 0.2) is 17.2 Å². The van der Waals surface area contributed by atoms with Crippen LogP contribution in [0.4, 0.5) is 0 Å². The number of aromatic amines is 1. The Kier molecular flexibility index (Phi) is 4.62. The molecule has 7 heteroatoms. The van der Waals surface area contributed by atoms with Gasteiger partial charge in [-0.1, -0.05) is 0 Å². The second-order valence-electron chi connectivity index (χ2n) is 4.76. The van der Waals surface area contributed by atoms with E-state index in [4.69, 9.17) is 4.74 Å². The quantitative estimate of drug-likeness (QED) is 0.828. The molecular weight excluding hydrogens is 266 g/mol. The molecule has 0 radical (unpaired) electrons. The van der Waals surface area contributed by atoms with Gasteiger partial charge < -0.3 is 15.0 Å². The fourth-order valence-electron chi connectivity index (χ4n) is 2.27. The zero-order chi connectivity index (χ0) is 13.9. The number of rotatable bonds is 5. The number of ether oxygens (including phenoxy) is 1. The predicted molar refractivity (Wildman–Crippen MR) is 72.3 cm³/mol. The van der Waals surface area contributed by atoms with Crippen molar-refractivity contribution in [2.24, 2.45) is 0 Å². The zero-order valence-corrected chi connectivity index (χ0v) is 12.2. The first-order chi connectivity index (χ1) is 9.05. The number of hydrogen-bond donors (Lipinski definition) is 2. The van der Waals surface area contributed by atoms with Crippen molar-refractivity contribution in [1.29, 1.82) is 0 Å². The first-order valence-electron chi connectivity index (χ1n) is 6.43. The lowest BCUT2D eigenvalue weighted by molar-refractivity contribution is 0.0632. The molecule has 0 saturated carbocycles. The van der Waals surface area contributed by atoms with Gasteiger partial charge in [0.15, 0.2) is 0 Å². The Bertz CT molecular complexity index is 506. The summed E-state index contributed by atoms with van der Waals surface area (Å²) in [5.41, 5.74) is 0.862. The Labute approximate surface area is 114 Å². The number of nitrogens with one attached hydrogen (secondary N) is 2. The van der Waals surface area contributed by atoms with Gasteiger partial charge in [-0.2, -0.15) is 4.31 Å². The van der Waals surface area contributed by atoms with Crippen molar-refractivity contribution in [3.05, 3.63) is 18.0 Å². The van der Waals surface area contributed by atoms with E-state index in [0.717, 1.165) is 18.5 Å². The topological polar surface area (TPSA) is 74.4 Å². The van der Waals surface area contributed by atoms with Gasteiger partial charge in [0, 0.05) is 44.7 Å². The lowest BCUT2D eigenvalue weighted by atomic mass is 10.1. The molecule has 6 nitrogen and oxygen atoms in total. The van der Waals surface area contributed by atoms with Crippen LogP contribution in [-0.2, 0) is 21.3 Å². The predicted octanol–water partition coefficient (Wildman–Crippen LogP) is 0.534. The van der Waals surface area contributed by atoms with E-state index in [-0.39, 0.29) is 6.04 Å². The highest BCUT2D eigenvalue weighted by Gasteiger charge is 2.29. The summed E-state index contributed by atoms with van der Waals surface area (Å²) in [5, 5.41) is 2.99. The first-order valence-corrected chi connectivity index (χ1v) is 7.87. The minimum Gasteiger partial charge on any atom is -0.381 e. The van der Waals surface area contributed by atoms with Gasteiger partial charge in [0.25, 0.3) is 0 Å². The summed E-state index contributed by atoms with van der Waals surface area (Å²) in [6.07, 6.45) is 3.06. The smallest absolute Gasteiger partial charge is 0.244 e. The molecule has 1 aliphatic heterocycles. The zero-order valence-electron chi connectivity index (χ0n) is 11.3. The molecular formula is C12H21N3O3S. The molecule has 2 N–H and O–H groups in total. The van der Waals surface area contributed by atoms with Crippen molar-refractivity contribution in [3.63, 3.8) is 0 Å². The van der Waals surface area contributed by atoms with Gasteiger partial charge in [-0.3, -0.25) is 0 Å². The Balaban J connectivity index is 2.15.